The van der Waals surface area contributed by atoms with Gasteiger partial charge in [-0.1, -0.05) is 6.07 Å². The van der Waals surface area contributed by atoms with Crippen molar-refractivity contribution in [2.45, 2.75) is 19.8 Å². The average molecular weight is 325 g/mol. The molecule has 0 radical (unpaired) electrons. The smallest absolute Gasteiger partial charge is 0.309 e. The monoisotopic (exact) mass is 325 g/mol. The van der Waals surface area contributed by atoms with Crippen molar-refractivity contribution < 1.29 is 13.9 Å². The molecule has 0 spiro atoms. The highest BCUT2D eigenvalue weighted by Crippen LogP contribution is 2.32. The van der Waals surface area contributed by atoms with Gasteiger partial charge in [-0.25, -0.2) is 4.39 Å². The second-order valence-electron chi connectivity index (χ2n) is 5.14. The number of hydrogen-bond acceptors (Lipinski definition) is 4. The number of anilines is 2. The van der Waals surface area contributed by atoms with Crippen molar-refractivity contribution in [1.29, 1.82) is 0 Å². The number of ether oxygens (including phenoxy) is 1. The normalized spacial score (nSPS) is 15.5. The van der Waals surface area contributed by atoms with Gasteiger partial charge in [-0.15, -0.1) is 0 Å². The molecule has 1 saturated heterocycles. The number of nitrogens with two attached hydrogens (primary N) is 1. The largest absolute Gasteiger partial charge is 0.466 e. The second kappa shape index (κ2) is 7.40. The third-order valence-electron chi connectivity index (χ3n) is 3.70. The van der Waals surface area contributed by atoms with Crippen molar-refractivity contribution in [2.24, 2.45) is 11.7 Å². The van der Waals surface area contributed by atoms with Gasteiger partial charge >= 0.3 is 5.97 Å². The van der Waals surface area contributed by atoms with Crippen molar-refractivity contribution in [3.8, 4) is 0 Å². The number of piperidine rings is 1. The van der Waals surface area contributed by atoms with Gasteiger partial charge in [0.1, 0.15) is 11.5 Å². The molecule has 5 nitrogen and oxygen atoms in total. The van der Waals surface area contributed by atoms with E-state index in [1.807, 2.05) is 11.0 Å². The molecule has 0 atom stereocenters. The molecule has 120 valence electrons. The minimum atomic E-state index is -0.405. The summed E-state index contributed by atoms with van der Waals surface area (Å²) in [7, 11) is 0. The van der Waals surface area contributed by atoms with Crippen molar-refractivity contribution >= 4 is 34.7 Å². The molecule has 0 unspecified atom stereocenters. The Balaban J connectivity index is 2.10. The van der Waals surface area contributed by atoms with Gasteiger partial charge in [0.2, 0.25) is 0 Å². The summed E-state index contributed by atoms with van der Waals surface area (Å²) >= 11 is 4.80. The Morgan fingerprint density at radius 2 is 2.18 bits per heavy atom. The van der Waals surface area contributed by atoms with E-state index in [9.17, 15) is 9.18 Å². The molecular formula is C15H20FN3O2S. The Morgan fingerprint density at radius 3 is 2.77 bits per heavy atom. The van der Waals surface area contributed by atoms with Gasteiger partial charge in [0.15, 0.2) is 5.11 Å². The van der Waals surface area contributed by atoms with E-state index in [1.54, 1.807) is 13.0 Å². The van der Waals surface area contributed by atoms with Crippen LogP contribution >= 0.6 is 12.2 Å². The number of rotatable bonds is 4. The summed E-state index contributed by atoms with van der Waals surface area (Å²) < 4.78 is 19.0. The molecule has 2 rings (SSSR count). The highest BCUT2D eigenvalue weighted by Gasteiger charge is 2.27. The second-order valence-corrected chi connectivity index (χ2v) is 5.58. The number of hydrogen-bond donors (Lipinski definition) is 2. The van der Waals surface area contributed by atoms with Crippen LogP contribution in [0.25, 0.3) is 0 Å². The molecule has 1 aliphatic heterocycles. The maximum atomic E-state index is 14.0. The van der Waals surface area contributed by atoms with E-state index < -0.39 is 5.82 Å². The lowest BCUT2D eigenvalue weighted by Gasteiger charge is -2.33. The molecular weight excluding hydrogens is 305 g/mol. The lowest BCUT2D eigenvalue weighted by atomic mass is 9.96. The standard InChI is InChI=1S/C15H20FN3O2S/c1-2-21-14(20)10-6-8-19(9-7-10)12-5-3-4-11(16)13(12)18-15(17)22/h3-5,10H,2,6-9H2,1H3,(H3,17,18,22). The van der Waals surface area contributed by atoms with Crippen LogP contribution in [0.3, 0.4) is 0 Å². The van der Waals surface area contributed by atoms with E-state index >= 15 is 0 Å². The van der Waals surface area contributed by atoms with Crippen LogP contribution in [0.1, 0.15) is 19.8 Å². The van der Waals surface area contributed by atoms with Crippen molar-refractivity contribution in [2.75, 3.05) is 29.9 Å². The Labute approximate surface area is 134 Å². The third kappa shape index (κ3) is 3.85. The lowest BCUT2D eigenvalue weighted by molar-refractivity contribution is -0.148. The Hall–Kier alpha value is -1.89. The van der Waals surface area contributed by atoms with E-state index in [0.29, 0.717) is 38.2 Å². The number of carbonyl (C=O) groups is 1. The summed E-state index contributed by atoms with van der Waals surface area (Å²) in [5.41, 5.74) is 6.45. The van der Waals surface area contributed by atoms with Crippen molar-refractivity contribution in [1.82, 2.24) is 0 Å². The molecule has 1 fully saturated rings. The Kier molecular flexibility index (Phi) is 5.54. The fourth-order valence-corrected chi connectivity index (χ4v) is 2.74. The predicted octanol–water partition coefficient (Wildman–Crippen LogP) is 2.26. The highest BCUT2D eigenvalue weighted by atomic mass is 32.1. The van der Waals surface area contributed by atoms with Gasteiger partial charge in [-0.3, -0.25) is 4.79 Å². The molecule has 0 amide bonds. The zero-order valence-corrected chi connectivity index (χ0v) is 13.3. The summed E-state index contributed by atoms with van der Waals surface area (Å²) in [6.45, 7) is 3.50. The van der Waals surface area contributed by atoms with Crippen molar-refractivity contribution in [3.63, 3.8) is 0 Å². The first-order valence-corrected chi connectivity index (χ1v) is 7.70. The fraction of sp³-hybridized carbons (Fsp3) is 0.467. The first-order valence-electron chi connectivity index (χ1n) is 7.29. The SMILES string of the molecule is CCOC(=O)C1CCN(c2cccc(F)c2NC(N)=S)CC1. The van der Waals surface area contributed by atoms with E-state index in [4.69, 9.17) is 22.7 Å². The number of thiocarbonyl (C=S) groups is 1. The maximum absolute atomic E-state index is 14.0. The molecule has 0 aliphatic carbocycles. The first-order chi connectivity index (χ1) is 10.5. The molecule has 0 aromatic heterocycles. The summed E-state index contributed by atoms with van der Waals surface area (Å²) in [5, 5.41) is 2.72. The summed E-state index contributed by atoms with van der Waals surface area (Å²) in [4.78, 5) is 13.8. The zero-order chi connectivity index (χ0) is 16.1. The Morgan fingerprint density at radius 1 is 1.50 bits per heavy atom. The number of nitrogens with one attached hydrogen (secondary N) is 1. The highest BCUT2D eigenvalue weighted by molar-refractivity contribution is 7.80. The number of para-hydroxylation sites is 1. The fourth-order valence-electron chi connectivity index (χ4n) is 2.64. The third-order valence-corrected chi connectivity index (χ3v) is 3.80. The molecule has 0 saturated carbocycles. The van der Waals surface area contributed by atoms with Gasteiger partial charge in [-0.2, -0.15) is 0 Å². The predicted molar refractivity (Wildman–Crippen MR) is 88.4 cm³/mol. The number of nitrogens with zero attached hydrogens (tertiary/aromatic N) is 1. The number of carbonyl (C=O) groups excluding carboxylic acids is 1. The van der Waals surface area contributed by atoms with E-state index in [1.165, 1.54) is 6.07 Å². The molecule has 3 N–H and O–H groups in total. The minimum absolute atomic E-state index is 0.0211. The van der Waals surface area contributed by atoms with Crippen LogP contribution < -0.4 is 16.0 Å². The molecule has 1 heterocycles. The van der Waals surface area contributed by atoms with Crippen LogP contribution in [-0.2, 0) is 9.53 Å². The number of esters is 1. The topological polar surface area (TPSA) is 67.6 Å². The summed E-state index contributed by atoms with van der Waals surface area (Å²) in [6.07, 6.45) is 1.36. The zero-order valence-electron chi connectivity index (χ0n) is 12.5. The van der Waals surface area contributed by atoms with E-state index in [-0.39, 0.29) is 22.7 Å². The molecule has 7 heteroatoms. The lowest BCUT2D eigenvalue weighted by Crippen LogP contribution is -2.37. The van der Waals surface area contributed by atoms with Crippen LogP contribution in [0.4, 0.5) is 15.8 Å². The molecule has 1 aliphatic rings. The van der Waals surface area contributed by atoms with Crippen LogP contribution in [0, 0.1) is 11.7 Å². The molecule has 0 bridgehead atoms. The summed E-state index contributed by atoms with van der Waals surface area (Å²) in [5.74, 6) is -0.641. The van der Waals surface area contributed by atoms with Crippen LogP contribution in [0.2, 0.25) is 0 Å². The van der Waals surface area contributed by atoms with Crippen LogP contribution in [0.5, 0.6) is 0 Å². The van der Waals surface area contributed by atoms with Gasteiger partial charge < -0.3 is 20.7 Å². The number of halogens is 1. The number of benzene rings is 1. The maximum Gasteiger partial charge on any atom is 0.309 e. The van der Waals surface area contributed by atoms with Crippen LogP contribution in [0.15, 0.2) is 18.2 Å². The molecule has 1 aromatic rings. The van der Waals surface area contributed by atoms with Gasteiger partial charge in [0.05, 0.1) is 18.2 Å². The molecule has 22 heavy (non-hydrogen) atoms. The quantitative estimate of drug-likeness (QED) is 0.654. The van der Waals surface area contributed by atoms with Crippen molar-refractivity contribution in [3.05, 3.63) is 24.0 Å². The first kappa shape index (κ1) is 16.5. The Bertz CT molecular complexity index is 560. The summed E-state index contributed by atoms with van der Waals surface area (Å²) in [6, 6.07) is 4.82. The van der Waals surface area contributed by atoms with Gasteiger partial charge in [-0.05, 0) is 44.1 Å². The van der Waals surface area contributed by atoms with Gasteiger partial charge in [0, 0.05) is 13.1 Å². The van der Waals surface area contributed by atoms with Crippen LogP contribution in [-0.4, -0.2) is 30.8 Å². The van der Waals surface area contributed by atoms with Gasteiger partial charge in [0.25, 0.3) is 0 Å². The van der Waals surface area contributed by atoms with E-state index in [2.05, 4.69) is 5.32 Å². The van der Waals surface area contributed by atoms with E-state index in [0.717, 1.165) is 0 Å². The minimum Gasteiger partial charge on any atom is -0.466 e. The average Bonchev–Trinajstić information content (AvgIpc) is 2.49. The molecule has 1 aromatic carbocycles.